The van der Waals surface area contributed by atoms with Gasteiger partial charge < -0.3 is 15.0 Å². The van der Waals surface area contributed by atoms with Gasteiger partial charge in [-0.15, -0.1) is 0 Å². The average Bonchev–Trinajstić information content (AvgIpc) is 2.80. The summed E-state index contributed by atoms with van der Waals surface area (Å²) < 4.78 is 5.18. The van der Waals surface area contributed by atoms with Crippen LogP contribution in [-0.4, -0.2) is 41.0 Å². The molecule has 1 aromatic heterocycles. The van der Waals surface area contributed by atoms with E-state index in [2.05, 4.69) is 15.3 Å². The SMILES string of the molecule is COc1ccc(-c2cnc(Nc3ccc(C(=O)N4CCCCC4)cc3)nc2)cc1. The van der Waals surface area contributed by atoms with Crippen molar-refractivity contribution in [2.75, 3.05) is 25.5 Å². The first-order valence-corrected chi connectivity index (χ1v) is 9.86. The topological polar surface area (TPSA) is 67.3 Å². The molecule has 0 saturated carbocycles. The van der Waals surface area contributed by atoms with E-state index in [0.717, 1.165) is 48.5 Å². The fourth-order valence-electron chi connectivity index (χ4n) is 3.43. The van der Waals surface area contributed by atoms with Crippen LogP contribution in [0, 0.1) is 0 Å². The molecule has 1 saturated heterocycles. The first-order chi connectivity index (χ1) is 14.2. The number of piperidine rings is 1. The molecule has 4 rings (SSSR count). The van der Waals surface area contributed by atoms with E-state index >= 15 is 0 Å². The van der Waals surface area contributed by atoms with Gasteiger partial charge in [0.25, 0.3) is 5.91 Å². The maximum absolute atomic E-state index is 12.6. The molecule has 1 N–H and O–H groups in total. The van der Waals surface area contributed by atoms with Crippen LogP contribution >= 0.6 is 0 Å². The Bertz CT molecular complexity index is 948. The molecule has 148 valence electrons. The van der Waals surface area contributed by atoms with Crippen molar-refractivity contribution in [2.24, 2.45) is 0 Å². The van der Waals surface area contributed by atoms with E-state index in [1.165, 1.54) is 6.42 Å². The highest BCUT2D eigenvalue weighted by atomic mass is 16.5. The molecular formula is C23H24N4O2. The van der Waals surface area contributed by atoms with Crippen LogP contribution in [0.1, 0.15) is 29.6 Å². The molecule has 1 fully saturated rings. The van der Waals surface area contributed by atoms with Crippen LogP contribution in [0.5, 0.6) is 5.75 Å². The largest absolute Gasteiger partial charge is 0.497 e. The second kappa shape index (κ2) is 8.73. The smallest absolute Gasteiger partial charge is 0.253 e. The number of amides is 1. The number of hydrogen-bond acceptors (Lipinski definition) is 5. The molecule has 2 aromatic carbocycles. The molecular weight excluding hydrogens is 364 g/mol. The number of likely N-dealkylation sites (tertiary alicyclic amines) is 1. The Hall–Kier alpha value is -3.41. The molecule has 2 heterocycles. The van der Waals surface area contributed by atoms with Crippen molar-refractivity contribution in [1.82, 2.24) is 14.9 Å². The fourth-order valence-corrected chi connectivity index (χ4v) is 3.43. The van der Waals surface area contributed by atoms with E-state index in [0.29, 0.717) is 11.5 Å². The Kier molecular flexibility index (Phi) is 5.70. The quantitative estimate of drug-likeness (QED) is 0.696. The molecule has 0 radical (unpaired) electrons. The highest BCUT2D eigenvalue weighted by Crippen LogP contribution is 2.22. The molecule has 6 nitrogen and oxygen atoms in total. The molecule has 6 heteroatoms. The molecule has 1 aliphatic heterocycles. The molecule has 0 aliphatic carbocycles. The summed E-state index contributed by atoms with van der Waals surface area (Å²) in [5.74, 6) is 1.43. The summed E-state index contributed by atoms with van der Waals surface area (Å²) in [4.78, 5) is 23.3. The fraction of sp³-hybridized carbons (Fsp3) is 0.261. The first kappa shape index (κ1) is 18.9. The highest BCUT2D eigenvalue weighted by Gasteiger charge is 2.17. The maximum atomic E-state index is 12.6. The number of anilines is 2. The van der Waals surface area contributed by atoms with Gasteiger partial charge in [0.2, 0.25) is 5.95 Å². The van der Waals surface area contributed by atoms with Gasteiger partial charge in [0.05, 0.1) is 7.11 Å². The predicted octanol–water partition coefficient (Wildman–Crippen LogP) is 4.52. The Morgan fingerprint density at radius 1 is 0.897 bits per heavy atom. The summed E-state index contributed by atoms with van der Waals surface area (Å²) in [6.07, 6.45) is 6.96. The minimum absolute atomic E-state index is 0.108. The van der Waals surface area contributed by atoms with Crippen molar-refractivity contribution in [3.63, 3.8) is 0 Å². The van der Waals surface area contributed by atoms with Gasteiger partial charge in [-0.3, -0.25) is 4.79 Å². The normalized spacial score (nSPS) is 13.8. The second-order valence-corrected chi connectivity index (χ2v) is 7.08. The van der Waals surface area contributed by atoms with Gasteiger partial charge in [-0.05, 0) is 61.2 Å². The minimum Gasteiger partial charge on any atom is -0.497 e. The Labute approximate surface area is 170 Å². The van der Waals surface area contributed by atoms with E-state index in [1.807, 2.05) is 53.4 Å². The van der Waals surface area contributed by atoms with E-state index < -0.39 is 0 Å². The number of carbonyl (C=O) groups excluding carboxylic acids is 1. The van der Waals surface area contributed by atoms with Gasteiger partial charge in [0.1, 0.15) is 5.75 Å². The third kappa shape index (κ3) is 4.54. The van der Waals surface area contributed by atoms with Gasteiger partial charge in [0, 0.05) is 42.3 Å². The van der Waals surface area contributed by atoms with Crippen molar-refractivity contribution < 1.29 is 9.53 Å². The average molecular weight is 388 g/mol. The Balaban J connectivity index is 1.40. The standard InChI is InChI=1S/C23H24N4O2/c1-29-21-11-7-17(8-12-21)19-15-24-23(25-16-19)26-20-9-5-18(6-10-20)22(28)27-13-3-2-4-14-27/h5-12,15-16H,2-4,13-14H2,1H3,(H,24,25,26). The first-order valence-electron chi connectivity index (χ1n) is 9.86. The zero-order valence-corrected chi connectivity index (χ0v) is 16.5. The summed E-state index contributed by atoms with van der Waals surface area (Å²) >= 11 is 0. The van der Waals surface area contributed by atoms with Crippen molar-refractivity contribution in [3.8, 4) is 16.9 Å². The lowest BCUT2D eigenvalue weighted by Crippen LogP contribution is -2.35. The number of benzene rings is 2. The summed E-state index contributed by atoms with van der Waals surface area (Å²) in [6.45, 7) is 1.71. The summed E-state index contributed by atoms with van der Waals surface area (Å²) in [5, 5.41) is 3.18. The van der Waals surface area contributed by atoms with Crippen LogP contribution in [0.25, 0.3) is 11.1 Å². The lowest BCUT2D eigenvalue weighted by molar-refractivity contribution is 0.0724. The summed E-state index contributed by atoms with van der Waals surface area (Å²) in [7, 11) is 1.65. The molecule has 1 aliphatic rings. The van der Waals surface area contributed by atoms with Crippen LogP contribution < -0.4 is 10.1 Å². The third-order valence-corrected chi connectivity index (χ3v) is 5.11. The highest BCUT2D eigenvalue weighted by molar-refractivity contribution is 5.94. The van der Waals surface area contributed by atoms with Crippen LogP contribution in [0.4, 0.5) is 11.6 Å². The van der Waals surface area contributed by atoms with Crippen molar-refractivity contribution in [1.29, 1.82) is 0 Å². The predicted molar refractivity (Wildman–Crippen MR) is 113 cm³/mol. The molecule has 0 bridgehead atoms. The summed E-state index contributed by atoms with van der Waals surface area (Å²) in [5.41, 5.74) is 3.52. The number of nitrogens with zero attached hydrogens (tertiary/aromatic N) is 3. The number of ether oxygens (including phenoxy) is 1. The van der Waals surface area contributed by atoms with Gasteiger partial charge in [-0.2, -0.15) is 0 Å². The lowest BCUT2D eigenvalue weighted by Gasteiger charge is -2.26. The number of aromatic nitrogens is 2. The number of hydrogen-bond donors (Lipinski definition) is 1. The van der Waals surface area contributed by atoms with Crippen molar-refractivity contribution in [3.05, 3.63) is 66.5 Å². The monoisotopic (exact) mass is 388 g/mol. The number of methoxy groups -OCH3 is 1. The van der Waals surface area contributed by atoms with Crippen LogP contribution in [-0.2, 0) is 0 Å². The van der Waals surface area contributed by atoms with Gasteiger partial charge in [0.15, 0.2) is 0 Å². The maximum Gasteiger partial charge on any atom is 0.253 e. The molecule has 0 unspecified atom stereocenters. The minimum atomic E-state index is 0.108. The van der Waals surface area contributed by atoms with E-state index in [9.17, 15) is 4.79 Å². The lowest BCUT2D eigenvalue weighted by atomic mass is 10.1. The van der Waals surface area contributed by atoms with Gasteiger partial charge >= 0.3 is 0 Å². The second-order valence-electron chi connectivity index (χ2n) is 7.08. The Morgan fingerprint density at radius 2 is 1.55 bits per heavy atom. The molecule has 0 spiro atoms. The third-order valence-electron chi connectivity index (χ3n) is 5.11. The zero-order chi connectivity index (χ0) is 20.1. The summed E-state index contributed by atoms with van der Waals surface area (Å²) in [6, 6.07) is 15.2. The molecule has 1 amide bonds. The molecule has 3 aromatic rings. The molecule has 0 atom stereocenters. The van der Waals surface area contributed by atoms with Crippen LogP contribution in [0.2, 0.25) is 0 Å². The molecule has 29 heavy (non-hydrogen) atoms. The van der Waals surface area contributed by atoms with E-state index in [4.69, 9.17) is 4.74 Å². The van der Waals surface area contributed by atoms with Crippen molar-refractivity contribution >= 4 is 17.5 Å². The van der Waals surface area contributed by atoms with Gasteiger partial charge in [-0.1, -0.05) is 12.1 Å². The zero-order valence-electron chi connectivity index (χ0n) is 16.5. The van der Waals surface area contributed by atoms with Crippen LogP contribution in [0.15, 0.2) is 60.9 Å². The van der Waals surface area contributed by atoms with E-state index in [-0.39, 0.29) is 5.91 Å². The number of rotatable bonds is 5. The van der Waals surface area contributed by atoms with Crippen LogP contribution in [0.3, 0.4) is 0 Å². The Morgan fingerprint density at radius 3 is 2.17 bits per heavy atom. The number of nitrogens with one attached hydrogen (secondary N) is 1. The van der Waals surface area contributed by atoms with Crippen molar-refractivity contribution in [2.45, 2.75) is 19.3 Å². The van der Waals surface area contributed by atoms with Gasteiger partial charge in [-0.25, -0.2) is 9.97 Å². The van der Waals surface area contributed by atoms with E-state index in [1.54, 1.807) is 19.5 Å². The number of carbonyl (C=O) groups is 1.